The lowest BCUT2D eigenvalue weighted by atomic mass is 10.00. The van der Waals surface area contributed by atoms with E-state index in [1.165, 1.54) is 0 Å². The van der Waals surface area contributed by atoms with Crippen molar-refractivity contribution in [2.45, 2.75) is 26.0 Å². The van der Waals surface area contributed by atoms with Gasteiger partial charge in [0.1, 0.15) is 5.60 Å². The van der Waals surface area contributed by atoms with E-state index in [1.54, 1.807) is 17.8 Å². The van der Waals surface area contributed by atoms with Gasteiger partial charge in [-0.15, -0.1) is 0 Å². The van der Waals surface area contributed by atoms with E-state index < -0.39 is 5.60 Å². The molecule has 0 aliphatic rings. The molecule has 0 amide bonds. The quantitative estimate of drug-likeness (QED) is 0.556. The highest BCUT2D eigenvalue weighted by Gasteiger charge is 2.24. The van der Waals surface area contributed by atoms with E-state index >= 15 is 0 Å². The van der Waals surface area contributed by atoms with Gasteiger partial charge in [-0.25, -0.2) is 4.99 Å². The number of hydrogen-bond donors (Lipinski definition) is 3. The maximum atomic E-state index is 10.6. The molecule has 2 rings (SSSR count). The Morgan fingerprint density at radius 3 is 2.65 bits per heavy atom. The molecular formula is C17H25N5O. The molecule has 0 radical (unpaired) electrons. The van der Waals surface area contributed by atoms with Crippen molar-refractivity contribution in [2.24, 2.45) is 12.0 Å². The van der Waals surface area contributed by atoms with Crippen molar-refractivity contribution in [1.29, 1.82) is 0 Å². The molecule has 1 aromatic heterocycles. The van der Waals surface area contributed by atoms with E-state index in [9.17, 15) is 5.11 Å². The SMILES string of the molecule is CCNC(=NCc1ccccc1)NCC(C)(O)c1cnn(C)c1. The van der Waals surface area contributed by atoms with Crippen LogP contribution in [0, 0.1) is 0 Å². The van der Waals surface area contributed by atoms with Gasteiger partial charge in [0, 0.05) is 25.4 Å². The standard InChI is InChI=1S/C17H25N5O/c1-4-18-16(19-10-14-8-6-5-7-9-14)20-13-17(2,23)15-11-21-22(3)12-15/h5-9,11-12,23H,4,10,13H2,1-3H3,(H2,18,19,20). The first-order chi connectivity index (χ1) is 11.0. The van der Waals surface area contributed by atoms with Crippen molar-refractivity contribution in [3.63, 3.8) is 0 Å². The Balaban J connectivity index is 1.98. The van der Waals surface area contributed by atoms with Crippen molar-refractivity contribution in [3.8, 4) is 0 Å². The fraction of sp³-hybridized carbons (Fsp3) is 0.412. The molecule has 0 saturated carbocycles. The third kappa shape index (κ3) is 5.10. The summed E-state index contributed by atoms with van der Waals surface area (Å²) in [6.45, 7) is 5.47. The second-order valence-electron chi connectivity index (χ2n) is 5.71. The zero-order chi connectivity index (χ0) is 16.7. The molecule has 6 nitrogen and oxygen atoms in total. The lowest BCUT2D eigenvalue weighted by molar-refractivity contribution is 0.0616. The number of nitrogens with one attached hydrogen (secondary N) is 2. The number of aliphatic hydroxyl groups is 1. The molecule has 0 saturated heterocycles. The maximum Gasteiger partial charge on any atom is 0.191 e. The van der Waals surface area contributed by atoms with Gasteiger partial charge in [-0.05, 0) is 19.4 Å². The summed E-state index contributed by atoms with van der Waals surface area (Å²) in [5.41, 5.74) is 0.895. The molecular weight excluding hydrogens is 290 g/mol. The molecule has 0 fully saturated rings. The van der Waals surface area contributed by atoms with Gasteiger partial charge in [0.25, 0.3) is 0 Å². The van der Waals surface area contributed by atoms with E-state index in [4.69, 9.17) is 0 Å². The minimum atomic E-state index is -1.02. The van der Waals surface area contributed by atoms with Crippen LogP contribution in [0.25, 0.3) is 0 Å². The fourth-order valence-electron chi connectivity index (χ4n) is 2.15. The number of nitrogens with zero attached hydrogens (tertiary/aromatic N) is 3. The Bertz CT molecular complexity index is 633. The number of benzene rings is 1. The molecule has 0 aliphatic heterocycles. The van der Waals surface area contributed by atoms with Gasteiger partial charge >= 0.3 is 0 Å². The van der Waals surface area contributed by atoms with Crippen LogP contribution in [0.15, 0.2) is 47.7 Å². The molecule has 1 atom stereocenters. The Labute approximate surface area is 137 Å². The zero-order valence-electron chi connectivity index (χ0n) is 14.0. The normalized spacial score (nSPS) is 14.3. The predicted octanol–water partition coefficient (Wildman–Crippen LogP) is 1.38. The molecule has 1 heterocycles. The number of aliphatic imine (C=N–C) groups is 1. The minimum absolute atomic E-state index is 0.347. The summed E-state index contributed by atoms with van der Waals surface area (Å²) >= 11 is 0. The van der Waals surface area contributed by atoms with E-state index in [2.05, 4.69) is 20.7 Å². The third-order valence-corrected chi connectivity index (χ3v) is 3.53. The smallest absolute Gasteiger partial charge is 0.191 e. The first-order valence-electron chi connectivity index (χ1n) is 7.79. The lowest BCUT2D eigenvalue weighted by Crippen LogP contribution is -2.44. The van der Waals surface area contributed by atoms with Crippen molar-refractivity contribution < 1.29 is 5.11 Å². The predicted molar refractivity (Wildman–Crippen MR) is 92.0 cm³/mol. The van der Waals surface area contributed by atoms with E-state index in [0.717, 1.165) is 17.7 Å². The minimum Gasteiger partial charge on any atom is -0.383 e. The highest BCUT2D eigenvalue weighted by Crippen LogP contribution is 2.18. The fourth-order valence-corrected chi connectivity index (χ4v) is 2.15. The van der Waals surface area contributed by atoms with Crippen molar-refractivity contribution in [1.82, 2.24) is 20.4 Å². The summed E-state index contributed by atoms with van der Waals surface area (Å²) in [7, 11) is 1.83. The molecule has 2 aromatic rings. The Hall–Kier alpha value is -2.34. The molecule has 0 bridgehead atoms. The molecule has 6 heteroatoms. The summed E-state index contributed by atoms with van der Waals surface area (Å²) in [5, 5.41) is 21.1. The van der Waals surface area contributed by atoms with Crippen LogP contribution in [-0.2, 0) is 19.2 Å². The first-order valence-corrected chi connectivity index (χ1v) is 7.79. The van der Waals surface area contributed by atoms with Crippen LogP contribution < -0.4 is 10.6 Å². The van der Waals surface area contributed by atoms with Gasteiger partial charge in [-0.1, -0.05) is 30.3 Å². The number of guanidine groups is 1. The molecule has 1 aromatic carbocycles. The number of rotatable bonds is 6. The van der Waals surface area contributed by atoms with Crippen LogP contribution in [0.5, 0.6) is 0 Å². The van der Waals surface area contributed by atoms with Gasteiger partial charge < -0.3 is 15.7 Å². The van der Waals surface area contributed by atoms with Crippen LogP contribution in [0.3, 0.4) is 0 Å². The summed E-state index contributed by atoms with van der Waals surface area (Å²) in [6, 6.07) is 10.1. The highest BCUT2D eigenvalue weighted by atomic mass is 16.3. The molecule has 0 aliphatic carbocycles. The monoisotopic (exact) mass is 315 g/mol. The zero-order valence-corrected chi connectivity index (χ0v) is 14.0. The van der Waals surface area contributed by atoms with E-state index in [1.807, 2.05) is 50.5 Å². The largest absolute Gasteiger partial charge is 0.383 e. The van der Waals surface area contributed by atoms with Crippen molar-refractivity contribution >= 4 is 5.96 Å². The van der Waals surface area contributed by atoms with E-state index in [0.29, 0.717) is 19.0 Å². The number of hydrogen-bond acceptors (Lipinski definition) is 3. The van der Waals surface area contributed by atoms with Gasteiger partial charge in [-0.2, -0.15) is 5.10 Å². The topological polar surface area (TPSA) is 74.5 Å². The first kappa shape index (κ1) is 17.0. The van der Waals surface area contributed by atoms with Crippen LogP contribution in [0.1, 0.15) is 25.0 Å². The average Bonchev–Trinajstić information content (AvgIpc) is 2.98. The summed E-state index contributed by atoms with van der Waals surface area (Å²) < 4.78 is 1.68. The van der Waals surface area contributed by atoms with Crippen LogP contribution in [-0.4, -0.2) is 33.9 Å². The Morgan fingerprint density at radius 2 is 2.04 bits per heavy atom. The molecule has 1 unspecified atom stereocenters. The highest BCUT2D eigenvalue weighted by molar-refractivity contribution is 5.79. The third-order valence-electron chi connectivity index (χ3n) is 3.53. The summed E-state index contributed by atoms with van der Waals surface area (Å²) in [5.74, 6) is 0.681. The second kappa shape index (κ2) is 7.78. The lowest BCUT2D eigenvalue weighted by Gasteiger charge is -2.23. The summed E-state index contributed by atoms with van der Waals surface area (Å²) in [4.78, 5) is 4.55. The average molecular weight is 315 g/mol. The number of aromatic nitrogens is 2. The molecule has 3 N–H and O–H groups in total. The van der Waals surface area contributed by atoms with Crippen molar-refractivity contribution in [3.05, 3.63) is 53.9 Å². The van der Waals surface area contributed by atoms with Crippen LogP contribution in [0.2, 0.25) is 0 Å². The van der Waals surface area contributed by atoms with Gasteiger partial charge in [-0.3, -0.25) is 4.68 Å². The number of aryl methyl sites for hydroxylation is 1. The second-order valence-corrected chi connectivity index (χ2v) is 5.71. The van der Waals surface area contributed by atoms with E-state index in [-0.39, 0.29) is 0 Å². The summed E-state index contributed by atoms with van der Waals surface area (Å²) in [6.07, 6.45) is 3.49. The van der Waals surface area contributed by atoms with Crippen LogP contribution in [0.4, 0.5) is 0 Å². The van der Waals surface area contributed by atoms with Gasteiger partial charge in [0.05, 0.1) is 19.3 Å². The van der Waals surface area contributed by atoms with Crippen molar-refractivity contribution in [2.75, 3.05) is 13.1 Å². The molecule has 23 heavy (non-hydrogen) atoms. The van der Waals surface area contributed by atoms with Crippen LogP contribution >= 0.6 is 0 Å². The molecule has 124 valence electrons. The maximum absolute atomic E-state index is 10.6. The Morgan fingerprint density at radius 1 is 1.30 bits per heavy atom. The van der Waals surface area contributed by atoms with Gasteiger partial charge in [0.15, 0.2) is 5.96 Å². The Kier molecular flexibility index (Phi) is 5.76. The van der Waals surface area contributed by atoms with Gasteiger partial charge in [0.2, 0.25) is 0 Å². The molecule has 0 spiro atoms.